The van der Waals surface area contributed by atoms with Crippen molar-refractivity contribution in [2.75, 3.05) is 6.54 Å². The van der Waals surface area contributed by atoms with Crippen molar-refractivity contribution in [2.45, 2.75) is 66.0 Å². The lowest BCUT2D eigenvalue weighted by Crippen LogP contribution is -2.19. The molecule has 3 unspecified atom stereocenters. The summed E-state index contributed by atoms with van der Waals surface area (Å²) in [7, 11) is 0. The van der Waals surface area contributed by atoms with Crippen molar-refractivity contribution in [3.63, 3.8) is 0 Å². The second-order valence-corrected chi connectivity index (χ2v) is 6.94. The fraction of sp³-hybridized carbons (Fsp3) is 0.824. The van der Waals surface area contributed by atoms with Gasteiger partial charge in [0.2, 0.25) is 0 Å². The molecule has 3 heteroatoms. The summed E-state index contributed by atoms with van der Waals surface area (Å²) < 4.78 is 2.30. The van der Waals surface area contributed by atoms with Crippen LogP contribution >= 0.6 is 0 Å². The lowest BCUT2D eigenvalue weighted by Gasteiger charge is -2.22. The second-order valence-electron chi connectivity index (χ2n) is 6.94. The monoisotopic (exact) mass is 275 g/mol. The van der Waals surface area contributed by atoms with E-state index in [0.29, 0.717) is 0 Å². The molecule has 2 aliphatic carbocycles. The van der Waals surface area contributed by atoms with E-state index in [4.69, 9.17) is 5.10 Å². The highest BCUT2D eigenvalue weighted by Gasteiger charge is 2.39. The Bertz CT molecular complexity index is 463. The number of rotatable bonds is 6. The van der Waals surface area contributed by atoms with Gasteiger partial charge in [-0.3, -0.25) is 4.68 Å². The molecule has 112 valence electrons. The van der Waals surface area contributed by atoms with E-state index in [2.05, 4.69) is 30.8 Å². The van der Waals surface area contributed by atoms with Gasteiger partial charge in [0.1, 0.15) is 0 Å². The minimum absolute atomic E-state index is 0.892. The van der Waals surface area contributed by atoms with Gasteiger partial charge in [-0.05, 0) is 63.8 Å². The lowest BCUT2D eigenvalue weighted by molar-refractivity contribution is 0.283. The maximum absolute atomic E-state index is 4.81. The molecule has 0 spiro atoms. The molecule has 0 aliphatic heterocycles. The van der Waals surface area contributed by atoms with Crippen molar-refractivity contribution in [1.82, 2.24) is 15.1 Å². The number of hydrogen-bond donors (Lipinski definition) is 1. The first-order valence-corrected chi connectivity index (χ1v) is 8.42. The molecule has 2 aliphatic rings. The van der Waals surface area contributed by atoms with Gasteiger partial charge in [-0.1, -0.05) is 13.3 Å². The van der Waals surface area contributed by atoms with Crippen LogP contribution in [0.2, 0.25) is 0 Å². The Hall–Kier alpha value is -0.830. The topological polar surface area (TPSA) is 29.9 Å². The van der Waals surface area contributed by atoms with Crippen LogP contribution in [0.1, 0.15) is 56.0 Å². The standard InChI is InChI=1S/C17H29N3/c1-4-7-18-10-17-12(2)19-20(13(17)3)11-16-9-14-5-6-15(16)8-14/h14-16,18H,4-11H2,1-3H3. The molecule has 0 amide bonds. The van der Waals surface area contributed by atoms with Crippen molar-refractivity contribution in [3.8, 4) is 0 Å². The van der Waals surface area contributed by atoms with Gasteiger partial charge in [0, 0.05) is 24.3 Å². The summed E-state index contributed by atoms with van der Waals surface area (Å²) in [6.07, 6.45) is 7.10. The van der Waals surface area contributed by atoms with Gasteiger partial charge in [-0.15, -0.1) is 0 Å². The molecule has 2 bridgehead atoms. The van der Waals surface area contributed by atoms with Gasteiger partial charge >= 0.3 is 0 Å². The Kier molecular flexibility index (Phi) is 4.16. The molecule has 3 atom stereocenters. The zero-order chi connectivity index (χ0) is 14.1. The van der Waals surface area contributed by atoms with Crippen LogP contribution in [-0.4, -0.2) is 16.3 Å². The Balaban J connectivity index is 1.66. The first kappa shape index (κ1) is 14.1. The van der Waals surface area contributed by atoms with Crippen LogP contribution < -0.4 is 5.32 Å². The summed E-state index contributed by atoms with van der Waals surface area (Å²) >= 11 is 0. The van der Waals surface area contributed by atoms with E-state index in [0.717, 1.165) is 37.4 Å². The number of hydrogen-bond acceptors (Lipinski definition) is 2. The normalized spacial score (nSPS) is 28.4. The summed E-state index contributed by atoms with van der Waals surface area (Å²) in [6, 6.07) is 0. The van der Waals surface area contributed by atoms with Crippen molar-refractivity contribution in [1.29, 1.82) is 0 Å². The van der Waals surface area contributed by atoms with Crippen LogP contribution in [0.15, 0.2) is 0 Å². The quantitative estimate of drug-likeness (QED) is 0.806. The number of nitrogens with zero attached hydrogens (tertiary/aromatic N) is 2. The molecule has 0 aromatic carbocycles. The molecular weight excluding hydrogens is 246 g/mol. The first-order valence-electron chi connectivity index (χ1n) is 8.42. The Morgan fingerprint density at radius 3 is 2.75 bits per heavy atom. The predicted octanol–water partition coefficient (Wildman–Crippen LogP) is 3.44. The molecule has 1 aromatic heterocycles. The fourth-order valence-corrected chi connectivity index (χ4v) is 4.38. The number of aromatic nitrogens is 2. The van der Waals surface area contributed by atoms with Crippen LogP contribution in [0.5, 0.6) is 0 Å². The van der Waals surface area contributed by atoms with E-state index < -0.39 is 0 Å². The van der Waals surface area contributed by atoms with Crippen LogP contribution in [0.3, 0.4) is 0 Å². The van der Waals surface area contributed by atoms with Crippen molar-refractivity contribution >= 4 is 0 Å². The molecule has 1 heterocycles. The SMILES string of the molecule is CCCNCc1c(C)nn(CC2CC3CCC2C3)c1C. The Morgan fingerprint density at radius 1 is 1.25 bits per heavy atom. The van der Waals surface area contributed by atoms with E-state index in [-0.39, 0.29) is 0 Å². The van der Waals surface area contributed by atoms with Crippen molar-refractivity contribution in [2.24, 2.45) is 17.8 Å². The fourth-order valence-electron chi connectivity index (χ4n) is 4.38. The van der Waals surface area contributed by atoms with E-state index in [1.807, 2.05) is 0 Å². The summed E-state index contributed by atoms with van der Waals surface area (Å²) in [6.45, 7) is 9.84. The van der Waals surface area contributed by atoms with Gasteiger partial charge in [-0.25, -0.2) is 0 Å². The smallest absolute Gasteiger partial charge is 0.0641 e. The van der Waals surface area contributed by atoms with Gasteiger partial charge < -0.3 is 5.32 Å². The zero-order valence-electron chi connectivity index (χ0n) is 13.3. The van der Waals surface area contributed by atoms with E-state index in [1.165, 1.54) is 49.1 Å². The van der Waals surface area contributed by atoms with Gasteiger partial charge in [-0.2, -0.15) is 5.10 Å². The molecule has 1 aromatic rings. The maximum Gasteiger partial charge on any atom is 0.0641 e. The largest absolute Gasteiger partial charge is 0.313 e. The summed E-state index contributed by atoms with van der Waals surface area (Å²) in [5, 5.41) is 8.33. The van der Waals surface area contributed by atoms with Crippen LogP contribution in [0.25, 0.3) is 0 Å². The third-order valence-electron chi connectivity index (χ3n) is 5.55. The van der Waals surface area contributed by atoms with Crippen molar-refractivity contribution in [3.05, 3.63) is 17.0 Å². The van der Waals surface area contributed by atoms with Crippen molar-refractivity contribution < 1.29 is 0 Å². The van der Waals surface area contributed by atoms with Gasteiger partial charge in [0.25, 0.3) is 0 Å². The first-order chi connectivity index (χ1) is 9.69. The molecule has 2 fully saturated rings. The van der Waals surface area contributed by atoms with E-state index in [1.54, 1.807) is 0 Å². The Labute approximate surface area is 123 Å². The van der Waals surface area contributed by atoms with E-state index >= 15 is 0 Å². The molecular formula is C17H29N3. The summed E-state index contributed by atoms with van der Waals surface area (Å²) in [5.41, 5.74) is 4.02. The van der Waals surface area contributed by atoms with Gasteiger partial charge in [0.05, 0.1) is 5.69 Å². The number of aryl methyl sites for hydroxylation is 1. The van der Waals surface area contributed by atoms with Crippen LogP contribution in [0, 0.1) is 31.6 Å². The molecule has 3 nitrogen and oxygen atoms in total. The minimum atomic E-state index is 0.892. The minimum Gasteiger partial charge on any atom is -0.313 e. The highest BCUT2D eigenvalue weighted by Crippen LogP contribution is 2.48. The second kappa shape index (κ2) is 5.88. The molecule has 3 rings (SSSR count). The van der Waals surface area contributed by atoms with Crippen LogP contribution in [0.4, 0.5) is 0 Å². The summed E-state index contributed by atoms with van der Waals surface area (Å²) in [5.74, 6) is 2.92. The Morgan fingerprint density at radius 2 is 2.10 bits per heavy atom. The van der Waals surface area contributed by atoms with Gasteiger partial charge in [0.15, 0.2) is 0 Å². The molecule has 2 saturated carbocycles. The van der Waals surface area contributed by atoms with E-state index in [9.17, 15) is 0 Å². The third-order valence-corrected chi connectivity index (χ3v) is 5.55. The average Bonchev–Trinajstić information content (AvgIpc) is 3.10. The molecule has 1 N–H and O–H groups in total. The molecule has 20 heavy (non-hydrogen) atoms. The molecule has 0 radical (unpaired) electrons. The average molecular weight is 275 g/mol. The predicted molar refractivity (Wildman–Crippen MR) is 82.6 cm³/mol. The summed E-state index contributed by atoms with van der Waals surface area (Å²) in [4.78, 5) is 0. The highest BCUT2D eigenvalue weighted by molar-refractivity contribution is 5.24. The third kappa shape index (κ3) is 2.65. The number of fused-ring (bicyclic) bond motifs is 2. The van der Waals surface area contributed by atoms with Crippen LogP contribution in [-0.2, 0) is 13.1 Å². The molecule has 0 saturated heterocycles. The number of nitrogens with one attached hydrogen (secondary N) is 1. The highest BCUT2D eigenvalue weighted by atomic mass is 15.3. The zero-order valence-corrected chi connectivity index (χ0v) is 13.3. The maximum atomic E-state index is 4.81. The lowest BCUT2D eigenvalue weighted by atomic mass is 9.89.